The average molecular weight is 886 g/mol. The third kappa shape index (κ3) is 10.8. The summed E-state index contributed by atoms with van der Waals surface area (Å²) < 4.78 is 55.6. The number of alkyl halides is 3. The van der Waals surface area contributed by atoms with E-state index in [0.29, 0.717) is 34.6 Å². The number of nitrogens with one attached hydrogen (secondary N) is 2. The highest BCUT2D eigenvalue weighted by atomic mass is 19.4. The summed E-state index contributed by atoms with van der Waals surface area (Å²) in [5, 5.41) is 7.43. The Morgan fingerprint density at radius 2 is 1.39 bits per heavy atom. The van der Waals surface area contributed by atoms with Crippen LogP contribution in [0.3, 0.4) is 0 Å². The van der Waals surface area contributed by atoms with Crippen LogP contribution in [0.4, 0.5) is 34.6 Å². The third-order valence-corrected chi connectivity index (χ3v) is 10.9. The van der Waals surface area contributed by atoms with Gasteiger partial charge in [-0.15, -0.1) is 0 Å². The first-order valence-corrected chi connectivity index (χ1v) is 21.1. The lowest BCUT2D eigenvalue weighted by molar-refractivity contribution is -0.137. The van der Waals surface area contributed by atoms with Gasteiger partial charge in [-0.1, -0.05) is 86.1 Å². The fourth-order valence-electron chi connectivity index (χ4n) is 7.44. The second kappa shape index (κ2) is 20.2. The number of fused-ring (bicyclic) bond motifs is 1. The van der Waals surface area contributed by atoms with Crippen LogP contribution in [0.1, 0.15) is 97.8 Å². The van der Waals surface area contributed by atoms with E-state index >= 15 is 0 Å². The van der Waals surface area contributed by atoms with Crippen molar-refractivity contribution in [2.24, 2.45) is 0 Å². The lowest BCUT2D eigenvalue weighted by Gasteiger charge is -2.24. The number of carbonyl (C=O) groups excluding carboxylic acids is 3. The van der Waals surface area contributed by atoms with Crippen molar-refractivity contribution in [3.05, 3.63) is 195 Å². The molecule has 0 spiro atoms. The summed E-state index contributed by atoms with van der Waals surface area (Å²) >= 11 is 0. The van der Waals surface area contributed by atoms with E-state index in [4.69, 9.17) is 0 Å². The number of amides is 3. The SMILES string of the molecule is Cc1c(NC(=O)c2ccc(F)c(C#Cc3cncc4ccccc34)c2)cccc1C(C)C.Cc1ccc(C(=O)Nc2cccc(C(F)(F)F)c2N2CCCC2=O)cc1C#Cc1cccnc1. The lowest BCUT2D eigenvalue weighted by atomic mass is 9.97. The van der Waals surface area contributed by atoms with Crippen LogP contribution >= 0.6 is 0 Å². The first-order valence-electron chi connectivity index (χ1n) is 21.1. The van der Waals surface area contributed by atoms with Crippen molar-refractivity contribution in [1.29, 1.82) is 0 Å². The van der Waals surface area contributed by atoms with Crippen LogP contribution in [0, 0.1) is 43.3 Å². The van der Waals surface area contributed by atoms with Crippen LogP contribution < -0.4 is 15.5 Å². The van der Waals surface area contributed by atoms with Gasteiger partial charge < -0.3 is 15.5 Å². The molecule has 1 aliphatic heterocycles. The topological polar surface area (TPSA) is 104 Å². The first kappa shape index (κ1) is 45.9. The Kier molecular flexibility index (Phi) is 14.0. The highest BCUT2D eigenvalue weighted by molar-refractivity contribution is 6.09. The zero-order valence-corrected chi connectivity index (χ0v) is 36.5. The van der Waals surface area contributed by atoms with E-state index in [0.717, 1.165) is 38.6 Å². The molecule has 8 rings (SSSR count). The number of nitrogens with zero attached hydrogens (tertiary/aromatic N) is 3. The highest BCUT2D eigenvalue weighted by Crippen LogP contribution is 2.42. The van der Waals surface area contributed by atoms with Crippen molar-refractivity contribution < 1.29 is 31.9 Å². The summed E-state index contributed by atoms with van der Waals surface area (Å²) in [7, 11) is 0. The number of rotatable bonds is 6. The molecule has 3 amide bonds. The monoisotopic (exact) mass is 885 g/mol. The molecular weight excluding hydrogens is 843 g/mol. The van der Waals surface area contributed by atoms with Crippen molar-refractivity contribution in [1.82, 2.24) is 9.97 Å². The molecule has 8 nitrogen and oxygen atoms in total. The number of hydrogen-bond donors (Lipinski definition) is 2. The predicted octanol–water partition coefficient (Wildman–Crippen LogP) is 11.6. The first-order chi connectivity index (χ1) is 31.7. The number of pyridine rings is 2. The molecule has 66 heavy (non-hydrogen) atoms. The van der Waals surface area contributed by atoms with E-state index in [-0.39, 0.29) is 41.4 Å². The summed E-state index contributed by atoms with van der Waals surface area (Å²) in [6.45, 7) is 8.23. The number of hydrogen-bond acceptors (Lipinski definition) is 5. The molecule has 0 saturated carbocycles. The van der Waals surface area contributed by atoms with Crippen LogP contribution in [0.15, 0.2) is 134 Å². The Bertz CT molecular complexity index is 3100. The van der Waals surface area contributed by atoms with E-state index in [1.807, 2.05) is 50.2 Å². The molecule has 1 fully saturated rings. The van der Waals surface area contributed by atoms with Crippen molar-refractivity contribution in [2.45, 2.75) is 52.6 Å². The van der Waals surface area contributed by atoms with Crippen LogP contribution in [0.25, 0.3) is 10.8 Å². The van der Waals surface area contributed by atoms with Gasteiger partial charge in [-0.2, -0.15) is 13.2 Å². The summed E-state index contributed by atoms with van der Waals surface area (Å²) in [6, 6.07) is 29.8. The summed E-state index contributed by atoms with van der Waals surface area (Å²) in [5.41, 5.74) is 5.21. The third-order valence-electron chi connectivity index (χ3n) is 10.9. The molecular formula is C54H43F4N5O3. The van der Waals surface area contributed by atoms with Gasteiger partial charge in [0.05, 0.1) is 28.1 Å². The fraction of sp³-hybridized carbons (Fsp3) is 0.167. The Balaban J connectivity index is 0.000000197. The van der Waals surface area contributed by atoms with Gasteiger partial charge in [-0.25, -0.2) is 4.39 Å². The number of anilines is 3. The molecule has 3 heterocycles. The molecule has 12 heteroatoms. The normalized spacial score (nSPS) is 12.1. The summed E-state index contributed by atoms with van der Waals surface area (Å²) in [5.74, 6) is 10.4. The molecule has 2 N–H and O–H groups in total. The highest BCUT2D eigenvalue weighted by Gasteiger charge is 2.38. The van der Waals surface area contributed by atoms with E-state index in [1.165, 1.54) is 35.9 Å². The van der Waals surface area contributed by atoms with Crippen molar-refractivity contribution in [2.75, 3.05) is 22.1 Å². The van der Waals surface area contributed by atoms with Gasteiger partial charge in [0.2, 0.25) is 5.91 Å². The van der Waals surface area contributed by atoms with Crippen LogP contribution in [-0.2, 0) is 11.0 Å². The molecule has 5 aromatic carbocycles. The van der Waals surface area contributed by atoms with Gasteiger partial charge in [-0.3, -0.25) is 24.4 Å². The zero-order valence-electron chi connectivity index (χ0n) is 36.5. The van der Waals surface area contributed by atoms with Crippen molar-refractivity contribution in [3.8, 4) is 23.7 Å². The predicted molar refractivity (Wildman–Crippen MR) is 250 cm³/mol. The molecule has 1 aliphatic rings. The van der Waals surface area contributed by atoms with E-state index in [2.05, 4.69) is 64.2 Å². The minimum absolute atomic E-state index is 0.0707. The Labute approximate surface area is 380 Å². The zero-order chi connectivity index (χ0) is 47.0. The number of aryl methyl sites for hydroxylation is 1. The number of halogens is 4. The van der Waals surface area contributed by atoms with Gasteiger partial charge >= 0.3 is 6.18 Å². The van der Waals surface area contributed by atoms with Crippen molar-refractivity contribution >= 4 is 45.6 Å². The van der Waals surface area contributed by atoms with Gasteiger partial charge in [0.25, 0.3) is 11.8 Å². The van der Waals surface area contributed by atoms with Gasteiger partial charge in [0.15, 0.2) is 0 Å². The van der Waals surface area contributed by atoms with Crippen molar-refractivity contribution in [3.63, 3.8) is 0 Å². The maximum Gasteiger partial charge on any atom is 0.418 e. The van der Waals surface area contributed by atoms with E-state index in [1.54, 1.807) is 55.1 Å². The summed E-state index contributed by atoms with van der Waals surface area (Å²) in [6.07, 6.45) is 2.62. The average Bonchev–Trinajstić information content (AvgIpc) is 3.74. The Hall–Kier alpha value is -8.09. The molecule has 0 unspecified atom stereocenters. The largest absolute Gasteiger partial charge is 0.418 e. The van der Waals surface area contributed by atoms with Gasteiger partial charge in [0.1, 0.15) is 5.82 Å². The standard InChI is InChI=1S/C28H23FN2O.C26H20F3N3O2/c1-18(2)24-9-6-10-27(19(24)3)31-28(32)21-13-14-26(29)20(15-21)11-12-23-17-30-16-22-7-4-5-8-25(22)23;1-17-9-11-20(15-19(17)12-10-18-5-3-13-30-16-18)25(34)31-22-7-2-6-21(26(27,28)29)24(22)32-14-4-8-23(32)33/h4-10,13-18H,1-3H3,(H,31,32);2-3,5-7,9,11,13,15-16H,4,8,14H2,1H3,(H,31,34). The molecule has 7 aromatic rings. The molecule has 0 atom stereocenters. The molecule has 2 aromatic heterocycles. The second-order valence-electron chi connectivity index (χ2n) is 15.8. The minimum atomic E-state index is -4.68. The smallest absolute Gasteiger partial charge is 0.322 e. The number of carbonyl (C=O) groups is 3. The maximum absolute atomic E-state index is 14.4. The molecule has 1 saturated heterocycles. The minimum Gasteiger partial charge on any atom is -0.322 e. The van der Waals surface area contributed by atoms with Crippen LogP contribution in [0.2, 0.25) is 0 Å². The molecule has 0 radical (unpaired) electrons. The van der Waals surface area contributed by atoms with Gasteiger partial charge in [-0.05, 0) is 104 Å². The maximum atomic E-state index is 14.4. The van der Waals surface area contributed by atoms with Crippen LogP contribution in [-0.4, -0.2) is 34.2 Å². The van der Waals surface area contributed by atoms with E-state index < -0.39 is 29.4 Å². The fourth-order valence-corrected chi connectivity index (χ4v) is 7.44. The quantitative estimate of drug-likeness (QED) is 0.128. The number of para-hydroxylation sites is 1. The van der Waals surface area contributed by atoms with Gasteiger partial charge in [0, 0.05) is 76.5 Å². The summed E-state index contributed by atoms with van der Waals surface area (Å²) in [4.78, 5) is 47.4. The molecule has 330 valence electrons. The molecule has 0 bridgehead atoms. The molecule has 0 aliphatic carbocycles. The van der Waals surface area contributed by atoms with Crippen LogP contribution in [0.5, 0.6) is 0 Å². The second-order valence-corrected chi connectivity index (χ2v) is 15.8. The Morgan fingerprint density at radius 1 is 0.712 bits per heavy atom. The number of aromatic nitrogens is 2. The Morgan fingerprint density at radius 3 is 2.11 bits per heavy atom. The van der Waals surface area contributed by atoms with E-state index in [9.17, 15) is 31.9 Å². The lowest BCUT2D eigenvalue weighted by Crippen LogP contribution is -2.28. The number of benzene rings is 5.